The average molecular weight is 1040 g/mol. The Morgan fingerprint density at radius 1 is 0.581 bits per heavy atom. The highest BCUT2D eigenvalue weighted by Gasteiger charge is 2.35. The molecule has 6 N–H and O–H groups in total. The van der Waals surface area contributed by atoms with Crippen LogP contribution in [0.25, 0.3) is 44.8 Å². The van der Waals surface area contributed by atoms with E-state index in [0.717, 1.165) is 33.9 Å². The van der Waals surface area contributed by atoms with E-state index in [-0.39, 0.29) is 56.5 Å². The summed E-state index contributed by atoms with van der Waals surface area (Å²) in [6, 6.07) is 2.38. The molecular weight excluding hydrogens is 1000 g/mol. The number of pyridine rings is 1. The third-order valence-corrected chi connectivity index (χ3v) is 10.6. The topological polar surface area (TPSA) is 358 Å². The van der Waals surface area contributed by atoms with Crippen molar-refractivity contribution in [3.05, 3.63) is 121 Å². The first-order valence-corrected chi connectivity index (χ1v) is 20.9. The van der Waals surface area contributed by atoms with Crippen LogP contribution in [0.1, 0.15) is 37.6 Å². The number of imidazole rings is 2. The van der Waals surface area contributed by atoms with Crippen molar-refractivity contribution in [1.29, 1.82) is 0 Å². The van der Waals surface area contributed by atoms with Gasteiger partial charge in [-0.1, -0.05) is 6.07 Å². The van der Waals surface area contributed by atoms with Gasteiger partial charge in [-0.2, -0.15) is 26.3 Å². The first kappa shape index (κ1) is 52.0. The molecule has 0 fully saturated rings. The van der Waals surface area contributed by atoms with Gasteiger partial charge in [0.1, 0.15) is 31.0 Å². The number of amides is 4. The number of primary amides is 2. The SMILES string of the molecule is C[C@@H](C(=O)Nc1cccc(-c2cnc(C(F)(F)F)nc2)n1)n1cnc2c1c(=O)n(CC(N)=O)c(=O)n2C.C[C@@H](C(=O)Nc1cncc(-c2cnc(C(F)(F)F)nc2)n1)n1cnc2c1c(=O)n(CC(N)=O)c(=O)n2C. The summed E-state index contributed by atoms with van der Waals surface area (Å²) in [6.07, 6.45) is -0.782. The van der Waals surface area contributed by atoms with Gasteiger partial charge in [0.05, 0.1) is 36.4 Å². The van der Waals surface area contributed by atoms with Crippen LogP contribution in [-0.2, 0) is 58.7 Å². The lowest BCUT2D eigenvalue weighted by Crippen LogP contribution is -2.42. The third kappa shape index (κ3) is 10.6. The molecule has 33 heteroatoms. The minimum atomic E-state index is -4.71. The molecule has 8 aromatic rings. The Kier molecular flexibility index (Phi) is 14.1. The number of anilines is 2. The Morgan fingerprint density at radius 2 is 0.986 bits per heavy atom. The van der Waals surface area contributed by atoms with Crippen LogP contribution >= 0.6 is 0 Å². The van der Waals surface area contributed by atoms with Gasteiger partial charge in [-0.25, -0.2) is 58.6 Å². The maximum atomic E-state index is 13.0. The van der Waals surface area contributed by atoms with Crippen molar-refractivity contribution in [2.75, 3.05) is 10.6 Å². The molecule has 0 aliphatic carbocycles. The largest absolute Gasteiger partial charge is 0.451 e. The molecule has 0 saturated carbocycles. The minimum absolute atomic E-state index is 0.00204. The van der Waals surface area contributed by atoms with E-state index >= 15 is 0 Å². The summed E-state index contributed by atoms with van der Waals surface area (Å²) >= 11 is 0. The normalized spacial score (nSPS) is 12.5. The van der Waals surface area contributed by atoms with Crippen molar-refractivity contribution < 1.29 is 45.5 Å². The summed E-state index contributed by atoms with van der Waals surface area (Å²) in [6.45, 7) is 1.59. The standard InChI is InChI=1S/C21H18F3N9O4.C20H17F3N10O4/c1-10(33-9-28-16-15(33)18(36)32(8-13(25)34)20(37)31(16)2)17(35)30-14-5-3-4-12(29-14)11-6-26-19(27-7-11)21(22,23)24;1-9(33-8-28-15-14(33)17(36)32(7-12(24)34)19(37)31(15)2)16(35)30-13-6-25-5-11(29-13)10-3-26-18(27-4-10)20(21,22)23/h3-7,9-10H,8H2,1-2H3,(H2,25,34)(H,29,30,35);3-6,8-9H,7H2,1-2H3,(H2,24,34)(H,29,30,35)/t10-;9-/m00/s1. The van der Waals surface area contributed by atoms with Crippen molar-refractivity contribution in [3.63, 3.8) is 0 Å². The third-order valence-electron chi connectivity index (χ3n) is 10.6. The van der Waals surface area contributed by atoms with Gasteiger partial charge in [0.15, 0.2) is 28.1 Å². The molecule has 0 radical (unpaired) electrons. The molecule has 27 nitrogen and oxygen atoms in total. The van der Waals surface area contributed by atoms with Crippen LogP contribution in [0.2, 0.25) is 0 Å². The first-order chi connectivity index (χ1) is 34.8. The molecule has 0 spiro atoms. The van der Waals surface area contributed by atoms with Crippen molar-refractivity contribution in [1.82, 2.24) is 72.3 Å². The highest BCUT2D eigenvalue weighted by molar-refractivity contribution is 5.94. The smallest absolute Gasteiger partial charge is 0.368 e. The zero-order valence-electron chi connectivity index (χ0n) is 38.3. The van der Waals surface area contributed by atoms with E-state index in [2.05, 4.69) is 55.5 Å². The fourth-order valence-corrected chi connectivity index (χ4v) is 6.91. The van der Waals surface area contributed by atoms with Crippen LogP contribution in [-0.4, -0.2) is 95.9 Å². The van der Waals surface area contributed by atoms with Crippen molar-refractivity contribution in [2.45, 2.75) is 51.4 Å². The molecule has 0 aliphatic heterocycles. The molecule has 2 atom stereocenters. The molecule has 8 aromatic heterocycles. The molecule has 384 valence electrons. The molecule has 0 aromatic carbocycles. The number of hydrogen-bond donors (Lipinski definition) is 4. The van der Waals surface area contributed by atoms with Gasteiger partial charge in [-0.15, -0.1) is 0 Å². The zero-order chi connectivity index (χ0) is 54.1. The van der Waals surface area contributed by atoms with Crippen LogP contribution in [0.15, 0.2) is 87.2 Å². The van der Waals surface area contributed by atoms with E-state index in [4.69, 9.17) is 11.5 Å². The number of nitrogens with two attached hydrogens (primary N) is 2. The number of aromatic nitrogens is 15. The Balaban J connectivity index is 0.000000216. The fraction of sp³-hybridized carbons (Fsp3) is 0.244. The predicted molar refractivity (Wildman–Crippen MR) is 242 cm³/mol. The molecule has 0 saturated heterocycles. The molecule has 0 unspecified atom stereocenters. The highest BCUT2D eigenvalue weighted by Crippen LogP contribution is 2.28. The van der Waals surface area contributed by atoms with E-state index in [9.17, 15) is 64.7 Å². The molecule has 8 rings (SSSR count). The van der Waals surface area contributed by atoms with Gasteiger partial charge in [-0.3, -0.25) is 42.9 Å². The number of nitrogens with zero attached hydrogens (tertiary/aromatic N) is 15. The molecule has 74 heavy (non-hydrogen) atoms. The Hall–Kier alpha value is -9.85. The predicted octanol–water partition coefficient (Wildman–Crippen LogP) is 0.300. The van der Waals surface area contributed by atoms with Gasteiger partial charge >= 0.3 is 23.7 Å². The quantitative estimate of drug-likeness (QED) is 0.120. The molecular formula is C41H35F6N19O8. The summed E-state index contributed by atoms with van der Waals surface area (Å²) < 4.78 is 82.0. The number of fused-ring (bicyclic) bond motifs is 2. The van der Waals surface area contributed by atoms with Crippen LogP contribution < -0.4 is 44.6 Å². The van der Waals surface area contributed by atoms with Crippen molar-refractivity contribution in [2.24, 2.45) is 25.6 Å². The monoisotopic (exact) mass is 1040 g/mol. The van der Waals surface area contributed by atoms with Gasteiger partial charge in [0.25, 0.3) is 11.1 Å². The van der Waals surface area contributed by atoms with E-state index in [1.807, 2.05) is 0 Å². The molecule has 0 bridgehead atoms. The lowest BCUT2D eigenvalue weighted by Gasteiger charge is -2.15. The Bertz CT molecular complexity index is 3520. The van der Waals surface area contributed by atoms with Gasteiger partial charge in [-0.05, 0) is 26.0 Å². The second-order valence-corrected chi connectivity index (χ2v) is 15.7. The van der Waals surface area contributed by atoms with Crippen LogP contribution in [0.5, 0.6) is 0 Å². The van der Waals surface area contributed by atoms with E-state index in [0.29, 0.717) is 9.13 Å². The number of carbonyl (C=O) groups excluding carboxylic acids is 4. The molecule has 4 amide bonds. The van der Waals surface area contributed by atoms with Crippen LogP contribution in [0.4, 0.5) is 38.0 Å². The summed E-state index contributed by atoms with van der Waals surface area (Å²) in [5.41, 5.74) is 7.34. The lowest BCUT2D eigenvalue weighted by atomic mass is 10.2. The summed E-state index contributed by atoms with van der Waals surface area (Å²) in [4.78, 5) is 133. The lowest BCUT2D eigenvalue weighted by molar-refractivity contribution is -0.145. The van der Waals surface area contributed by atoms with E-state index in [1.54, 1.807) is 0 Å². The number of halogens is 6. The Labute approximate surface area is 406 Å². The second kappa shape index (κ2) is 20.1. The van der Waals surface area contributed by atoms with Crippen LogP contribution in [0, 0.1) is 0 Å². The van der Waals surface area contributed by atoms with Gasteiger partial charge < -0.3 is 31.2 Å². The van der Waals surface area contributed by atoms with E-state index < -0.39 is 95.3 Å². The Morgan fingerprint density at radius 3 is 1.41 bits per heavy atom. The average Bonchev–Trinajstić information content (AvgIpc) is 4.01. The first-order valence-electron chi connectivity index (χ1n) is 20.9. The highest BCUT2D eigenvalue weighted by atomic mass is 19.4. The summed E-state index contributed by atoms with van der Waals surface area (Å²) in [5, 5.41) is 5.06. The van der Waals surface area contributed by atoms with Crippen molar-refractivity contribution >= 4 is 57.6 Å². The molecule has 0 aliphatic rings. The number of aryl methyl sites for hydroxylation is 2. The van der Waals surface area contributed by atoms with Gasteiger partial charge in [0, 0.05) is 50.0 Å². The number of alkyl halides is 6. The number of rotatable bonds is 12. The van der Waals surface area contributed by atoms with E-state index in [1.165, 1.54) is 80.3 Å². The number of hydrogen-bond acceptors (Lipinski definition) is 17. The zero-order valence-corrected chi connectivity index (χ0v) is 38.3. The summed E-state index contributed by atoms with van der Waals surface area (Å²) in [7, 11) is 2.69. The molecule has 8 heterocycles. The van der Waals surface area contributed by atoms with Crippen molar-refractivity contribution in [3.8, 4) is 22.5 Å². The number of carbonyl (C=O) groups is 4. The maximum absolute atomic E-state index is 13.0. The number of nitrogens with one attached hydrogen (secondary N) is 2. The van der Waals surface area contributed by atoms with Crippen LogP contribution in [0.3, 0.4) is 0 Å². The maximum Gasteiger partial charge on any atom is 0.451 e. The second-order valence-electron chi connectivity index (χ2n) is 15.7. The fourth-order valence-electron chi connectivity index (χ4n) is 6.91. The summed E-state index contributed by atoms with van der Waals surface area (Å²) in [5.74, 6) is -5.69. The van der Waals surface area contributed by atoms with Gasteiger partial charge in [0.2, 0.25) is 35.3 Å². The minimum Gasteiger partial charge on any atom is -0.368 e.